The van der Waals surface area contributed by atoms with E-state index in [1.165, 1.54) is 12.3 Å². The molecule has 2 rings (SSSR count). The molecule has 2 aromatic rings. The fraction of sp³-hybridized carbons (Fsp3) is 0.100. The number of pyridine rings is 1. The van der Waals surface area contributed by atoms with Crippen LogP contribution in [0.25, 0.3) is 10.9 Å². The van der Waals surface area contributed by atoms with Gasteiger partial charge in [-0.1, -0.05) is 17.7 Å². The van der Waals surface area contributed by atoms with Crippen LogP contribution in [0.3, 0.4) is 0 Å². The zero-order valence-electron chi connectivity index (χ0n) is 7.35. The van der Waals surface area contributed by atoms with Crippen molar-refractivity contribution in [3.05, 3.63) is 41.0 Å². The minimum atomic E-state index is -4.43. The van der Waals surface area contributed by atoms with E-state index in [0.29, 0.717) is 5.39 Å². The molecule has 0 atom stereocenters. The molecule has 1 heterocycles. The number of hydrogen-bond acceptors (Lipinski definition) is 1. The average Bonchev–Trinajstić information content (AvgIpc) is 2.15. The first-order valence-electron chi connectivity index (χ1n) is 4.10. The van der Waals surface area contributed by atoms with Gasteiger partial charge in [0.15, 0.2) is 0 Å². The molecule has 0 saturated heterocycles. The summed E-state index contributed by atoms with van der Waals surface area (Å²) in [6, 6.07) is 5.46. The van der Waals surface area contributed by atoms with Gasteiger partial charge in [-0.2, -0.15) is 13.2 Å². The lowest BCUT2D eigenvalue weighted by Crippen LogP contribution is -2.06. The summed E-state index contributed by atoms with van der Waals surface area (Å²) in [5, 5.41) is 0.445. The molecule has 0 bridgehead atoms. The van der Waals surface area contributed by atoms with Gasteiger partial charge in [0.1, 0.15) is 0 Å². The van der Waals surface area contributed by atoms with Crippen LogP contribution in [-0.4, -0.2) is 4.98 Å². The van der Waals surface area contributed by atoms with E-state index in [1.807, 2.05) is 0 Å². The SMILES string of the molecule is FC(F)(F)c1cc(Cl)cc2cccnc12. The van der Waals surface area contributed by atoms with Crippen LogP contribution in [0.4, 0.5) is 13.2 Å². The molecular formula is C10H5ClF3N. The van der Waals surface area contributed by atoms with Gasteiger partial charge in [-0.15, -0.1) is 0 Å². The topological polar surface area (TPSA) is 12.9 Å². The number of aromatic nitrogens is 1. The van der Waals surface area contributed by atoms with Crippen LogP contribution < -0.4 is 0 Å². The maximum atomic E-state index is 12.6. The van der Waals surface area contributed by atoms with E-state index in [2.05, 4.69) is 4.98 Å². The van der Waals surface area contributed by atoms with E-state index < -0.39 is 11.7 Å². The van der Waals surface area contributed by atoms with Crippen molar-refractivity contribution in [3.8, 4) is 0 Å². The van der Waals surface area contributed by atoms with Gasteiger partial charge in [0.2, 0.25) is 0 Å². The minimum Gasteiger partial charge on any atom is -0.256 e. The molecule has 78 valence electrons. The molecule has 0 aliphatic rings. The number of rotatable bonds is 0. The van der Waals surface area contributed by atoms with E-state index in [4.69, 9.17) is 11.6 Å². The second-order valence-corrected chi connectivity index (χ2v) is 3.46. The van der Waals surface area contributed by atoms with E-state index in [0.717, 1.165) is 6.07 Å². The van der Waals surface area contributed by atoms with Crippen molar-refractivity contribution in [2.45, 2.75) is 6.18 Å². The first kappa shape index (κ1) is 10.2. The Morgan fingerprint density at radius 3 is 2.60 bits per heavy atom. The van der Waals surface area contributed by atoms with Crippen LogP contribution in [0.1, 0.15) is 5.56 Å². The standard InChI is InChI=1S/C10H5ClF3N/c11-7-4-6-2-1-3-15-9(6)8(5-7)10(12,13)14/h1-5H. The van der Waals surface area contributed by atoms with Crippen LogP contribution in [0, 0.1) is 0 Å². The van der Waals surface area contributed by atoms with Gasteiger partial charge in [0.25, 0.3) is 0 Å². The number of alkyl halides is 3. The Labute approximate surface area is 88.5 Å². The van der Waals surface area contributed by atoms with Gasteiger partial charge in [0, 0.05) is 16.6 Å². The predicted octanol–water partition coefficient (Wildman–Crippen LogP) is 3.91. The van der Waals surface area contributed by atoms with Crippen LogP contribution in [0.2, 0.25) is 5.02 Å². The van der Waals surface area contributed by atoms with Crippen LogP contribution >= 0.6 is 11.6 Å². The molecule has 0 amide bonds. The highest BCUT2D eigenvalue weighted by Crippen LogP contribution is 2.35. The third-order valence-corrected chi connectivity index (χ3v) is 2.19. The summed E-state index contributed by atoms with van der Waals surface area (Å²) in [5.41, 5.74) is -0.875. The van der Waals surface area contributed by atoms with Gasteiger partial charge in [0.05, 0.1) is 11.1 Å². The summed E-state index contributed by atoms with van der Waals surface area (Å²) < 4.78 is 37.8. The predicted molar refractivity (Wildman–Crippen MR) is 51.8 cm³/mol. The molecular weight excluding hydrogens is 227 g/mol. The average molecular weight is 232 g/mol. The fourth-order valence-corrected chi connectivity index (χ4v) is 1.60. The quantitative estimate of drug-likeness (QED) is 0.670. The van der Waals surface area contributed by atoms with Crippen LogP contribution in [0.15, 0.2) is 30.5 Å². The van der Waals surface area contributed by atoms with Crippen molar-refractivity contribution in [1.82, 2.24) is 4.98 Å². The zero-order chi connectivity index (χ0) is 11.1. The molecule has 5 heteroatoms. The van der Waals surface area contributed by atoms with Crippen LogP contribution in [-0.2, 0) is 6.18 Å². The molecule has 0 saturated carbocycles. The molecule has 0 aliphatic heterocycles. The highest BCUT2D eigenvalue weighted by molar-refractivity contribution is 6.31. The highest BCUT2D eigenvalue weighted by Gasteiger charge is 2.33. The Kier molecular flexibility index (Phi) is 2.31. The third kappa shape index (κ3) is 1.90. The molecule has 15 heavy (non-hydrogen) atoms. The maximum absolute atomic E-state index is 12.6. The summed E-state index contributed by atoms with van der Waals surface area (Å²) in [6.07, 6.45) is -3.11. The second-order valence-electron chi connectivity index (χ2n) is 3.03. The van der Waals surface area contributed by atoms with Crippen molar-refractivity contribution in [3.63, 3.8) is 0 Å². The van der Waals surface area contributed by atoms with E-state index in [9.17, 15) is 13.2 Å². The number of fused-ring (bicyclic) bond motifs is 1. The summed E-state index contributed by atoms with van der Waals surface area (Å²) in [4.78, 5) is 3.71. The number of benzene rings is 1. The van der Waals surface area contributed by atoms with Gasteiger partial charge in [-0.25, -0.2) is 0 Å². The minimum absolute atomic E-state index is 0.0582. The lowest BCUT2D eigenvalue weighted by Gasteiger charge is -2.09. The third-order valence-electron chi connectivity index (χ3n) is 1.98. The lowest BCUT2D eigenvalue weighted by atomic mass is 10.1. The number of halogens is 4. The largest absolute Gasteiger partial charge is 0.418 e. The van der Waals surface area contributed by atoms with E-state index in [-0.39, 0.29) is 10.5 Å². The molecule has 0 radical (unpaired) electrons. The summed E-state index contributed by atoms with van der Waals surface area (Å²) in [5.74, 6) is 0. The normalized spacial score (nSPS) is 12.0. The molecule has 0 aliphatic carbocycles. The molecule has 0 fully saturated rings. The van der Waals surface area contributed by atoms with Crippen molar-refractivity contribution in [2.24, 2.45) is 0 Å². The Balaban J connectivity index is 2.83. The van der Waals surface area contributed by atoms with Crippen molar-refractivity contribution in [1.29, 1.82) is 0 Å². The molecule has 0 unspecified atom stereocenters. The Hall–Kier alpha value is -1.29. The molecule has 0 N–H and O–H groups in total. The second kappa shape index (κ2) is 3.38. The monoisotopic (exact) mass is 231 g/mol. The van der Waals surface area contributed by atoms with Crippen molar-refractivity contribution in [2.75, 3.05) is 0 Å². The first-order valence-corrected chi connectivity index (χ1v) is 4.48. The van der Waals surface area contributed by atoms with Gasteiger partial charge in [-0.3, -0.25) is 4.98 Å². The highest BCUT2D eigenvalue weighted by atomic mass is 35.5. The zero-order valence-corrected chi connectivity index (χ0v) is 8.10. The van der Waals surface area contributed by atoms with Gasteiger partial charge < -0.3 is 0 Å². The van der Waals surface area contributed by atoms with Gasteiger partial charge in [-0.05, 0) is 18.2 Å². The molecule has 1 aromatic carbocycles. The Bertz CT molecular complexity index is 507. The lowest BCUT2D eigenvalue weighted by molar-refractivity contribution is -0.136. The van der Waals surface area contributed by atoms with Crippen molar-refractivity contribution < 1.29 is 13.2 Å². The molecule has 1 nitrogen and oxygen atoms in total. The first-order chi connectivity index (χ1) is 6.98. The number of hydrogen-bond donors (Lipinski definition) is 0. The summed E-state index contributed by atoms with van der Waals surface area (Å²) in [6.45, 7) is 0. The fourth-order valence-electron chi connectivity index (χ4n) is 1.37. The Morgan fingerprint density at radius 1 is 1.20 bits per heavy atom. The van der Waals surface area contributed by atoms with Gasteiger partial charge >= 0.3 is 6.18 Å². The summed E-state index contributed by atoms with van der Waals surface area (Å²) in [7, 11) is 0. The molecule has 0 spiro atoms. The van der Waals surface area contributed by atoms with Crippen molar-refractivity contribution >= 4 is 22.5 Å². The molecule has 1 aromatic heterocycles. The Morgan fingerprint density at radius 2 is 1.93 bits per heavy atom. The van der Waals surface area contributed by atoms with Crippen LogP contribution in [0.5, 0.6) is 0 Å². The number of nitrogens with zero attached hydrogens (tertiary/aromatic N) is 1. The smallest absolute Gasteiger partial charge is 0.256 e. The van der Waals surface area contributed by atoms with E-state index in [1.54, 1.807) is 12.1 Å². The summed E-state index contributed by atoms with van der Waals surface area (Å²) >= 11 is 5.60. The van der Waals surface area contributed by atoms with E-state index >= 15 is 0 Å². The maximum Gasteiger partial charge on any atom is 0.418 e.